The second-order valence-corrected chi connectivity index (χ2v) is 8.25. The van der Waals surface area contributed by atoms with Gasteiger partial charge in [-0.15, -0.1) is 0 Å². The number of amides is 2. The first-order valence-electron chi connectivity index (χ1n) is 12.0. The van der Waals surface area contributed by atoms with Crippen LogP contribution >= 0.6 is 0 Å². The van der Waals surface area contributed by atoms with E-state index in [1.165, 1.54) is 0 Å². The highest BCUT2D eigenvalue weighted by molar-refractivity contribution is 6.06. The zero-order chi connectivity index (χ0) is 26.6. The number of rotatable bonds is 13. The maximum absolute atomic E-state index is 13.2. The minimum Gasteiger partial charge on any atom is -0.481 e. The van der Waals surface area contributed by atoms with E-state index in [2.05, 4.69) is 20.7 Å². The van der Waals surface area contributed by atoms with Crippen molar-refractivity contribution in [2.45, 2.75) is 32.1 Å². The van der Waals surface area contributed by atoms with Crippen LogP contribution in [-0.4, -0.2) is 51.7 Å². The van der Waals surface area contributed by atoms with Gasteiger partial charge in [-0.1, -0.05) is 48.5 Å². The highest BCUT2D eigenvalue weighted by Gasteiger charge is 2.26. The predicted octanol–water partition coefficient (Wildman–Crippen LogP) is 2.52. The molecule has 0 fully saturated rings. The summed E-state index contributed by atoms with van der Waals surface area (Å²) in [6.45, 7) is 0.820. The smallest absolute Gasteiger partial charge is 0.303 e. The lowest BCUT2D eigenvalue weighted by Crippen LogP contribution is -2.27. The zero-order valence-corrected chi connectivity index (χ0v) is 20.4. The number of carbonyl (C=O) groups is 3. The van der Waals surface area contributed by atoms with E-state index < -0.39 is 17.8 Å². The molecular weight excluding hydrogens is 474 g/mol. The van der Waals surface area contributed by atoms with Crippen molar-refractivity contribution in [1.82, 2.24) is 15.1 Å². The van der Waals surface area contributed by atoms with Gasteiger partial charge < -0.3 is 27.2 Å². The molecule has 0 aliphatic rings. The maximum Gasteiger partial charge on any atom is 0.303 e. The molecule has 2 aromatic carbocycles. The van der Waals surface area contributed by atoms with Crippen molar-refractivity contribution in [3.63, 3.8) is 0 Å². The Morgan fingerprint density at radius 2 is 1.59 bits per heavy atom. The molecule has 3 aromatic rings. The average Bonchev–Trinajstić information content (AvgIpc) is 3.25. The number of aliphatic imine (C=N–C) groups is 1. The van der Waals surface area contributed by atoms with E-state index in [1.807, 2.05) is 60.7 Å². The lowest BCUT2D eigenvalue weighted by atomic mass is 10.1. The Bertz CT molecular complexity index is 1240. The van der Waals surface area contributed by atoms with Crippen molar-refractivity contribution < 1.29 is 19.5 Å². The van der Waals surface area contributed by atoms with Gasteiger partial charge in [0.2, 0.25) is 5.91 Å². The topological polar surface area (TPSA) is 178 Å². The minimum atomic E-state index is -0.977. The zero-order valence-electron chi connectivity index (χ0n) is 20.4. The molecule has 0 saturated carbocycles. The summed E-state index contributed by atoms with van der Waals surface area (Å²) in [4.78, 5) is 40.8. The first-order valence-corrected chi connectivity index (χ1v) is 12.0. The summed E-state index contributed by atoms with van der Waals surface area (Å²) < 4.78 is 1.62. The fourth-order valence-electron chi connectivity index (χ4n) is 3.65. The van der Waals surface area contributed by atoms with Crippen LogP contribution < -0.4 is 22.1 Å². The molecule has 1 aromatic heterocycles. The van der Waals surface area contributed by atoms with Crippen molar-refractivity contribution in [3.05, 3.63) is 66.4 Å². The molecule has 0 spiro atoms. The molecule has 0 radical (unpaired) electrons. The van der Waals surface area contributed by atoms with Crippen LogP contribution in [0.15, 0.2) is 65.7 Å². The van der Waals surface area contributed by atoms with Gasteiger partial charge in [-0.2, -0.15) is 5.10 Å². The Balaban J connectivity index is 1.94. The third kappa shape index (κ3) is 7.92. The van der Waals surface area contributed by atoms with Gasteiger partial charge >= 0.3 is 5.97 Å². The molecule has 0 unspecified atom stereocenters. The van der Waals surface area contributed by atoms with E-state index >= 15 is 0 Å². The third-order valence-electron chi connectivity index (χ3n) is 5.37. The summed E-state index contributed by atoms with van der Waals surface area (Å²) in [5, 5.41) is 19.2. The molecule has 0 atom stereocenters. The minimum absolute atomic E-state index is 0.0110. The number of aliphatic carboxylic acids is 1. The Morgan fingerprint density at radius 3 is 2.24 bits per heavy atom. The molecule has 194 valence electrons. The number of carboxylic acids is 1. The maximum atomic E-state index is 13.2. The molecule has 2 amide bonds. The van der Waals surface area contributed by atoms with E-state index in [-0.39, 0.29) is 36.6 Å². The second-order valence-electron chi connectivity index (χ2n) is 8.25. The first-order chi connectivity index (χ1) is 17.9. The van der Waals surface area contributed by atoms with Crippen LogP contribution in [0.25, 0.3) is 16.9 Å². The summed E-state index contributed by atoms with van der Waals surface area (Å²) in [6.07, 6.45) is 1.35. The Labute approximate surface area is 214 Å². The molecule has 0 saturated heterocycles. The molecule has 0 aliphatic heterocycles. The number of carbonyl (C=O) groups excluding carboxylic acids is 2. The van der Waals surface area contributed by atoms with Crippen LogP contribution in [0.3, 0.4) is 0 Å². The monoisotopic (exact) mass is 505 g/mol. The third-order valence-corrected chi connectivity index (χ3v) is 5.37. The summed E-state index contributed by atoms with van der Waals surface area (Å²) in [5.41, 5.74) is 13.0. The Morgan fingerprint density at radius 1 is 0.919 bits per heavy atom. The molecule has 11 heteroatoms. The number of carboxylic acid groups (broad SMARTS) is 1. The highest BCUT2D eigenvalue weighted by Crippen LogP contribution is 2.34. The standard InChI is InChI=1S/C26H31N7O4/c27-26(28)30-17-8-7-16-29-25(37)23-22(31-20(34)14-9-15-21(35)36)24(18-10-3-1-4-11-18)33(32-23)19-12-5-2-6-13-19/h1-6,10-13H,7-9,14-17H2,(H,29,37)(H,31,34)(H,35,36)(H4,27,28,30). The van der Waals surface area contributed by atoms with Gasteiger partial charge in [-0.25, -0.2) is 4.68 Å². The van der Waals surface area contributed by atoms with Crippen LogP contribution in [-0.2, 0) is 9.59 Å². The van der Waals surface area contributed by atoms with E-state index in [9.17, 15) is 14.4 Å². The quantitative estimate of drug-likeness (QED) is 0.134. The SMILES string of the molecule is NC(N)=NCCCCNC(=O)c1nn(-c2ccccc2)c(-c2ccccc2)c1NC(=O)CCCC(=O)O. The van der Waals surface area contributed by atoms with E-state index in [4.69, 9.17) is 16.6 Å². The number of guanidine groups is 1. The molecule has 3 rings (SSSR count). The van der Waals surface area contributed by atoms with Gasteiger partial charge in [-0.05, 0) is 31.4 Å². The Kier molecular flexibility index (Phi) is 9.77. The van der Waals surface area contributed by atoms with Gasteiger partial charge in [-0.3, -0.25) is 19.4 Å². The van der Waals surface area contributed by atoms with E-state index in [0.29, 0.717) is 37.3 Å². The number of para-hydroxylation sites is 1. The average molecular weight is 506 g/mol. The van der Waals surface area contributed by atoms with Crippen molar-refractivity contribution in [3.8, 4) is 16.9 Å². The number of hydrogen-bond donors (Lipinski definition) is 5. The van der Waals surface area contributed by atoms with Crippen molar-refractivity contribution in [2.75, 3.05) is 18.4 Å². The molecule has 11 nitrogen and oxygen atoms in total. The Hall–Kier alpha value is -4.67. The molecule has 7 N–H and O–H groups in total. The van der Waals surface area contributed by atoms with Crippen molar-refractivity contribution >= 4 is 29.4 Å². The van der Waals surface area contributed by atoms with Crippen LogP contribution in [0.4, 0.5) is 5.69 Å². The summed E-state index contributed by atoms with van der Waals surface area (Å²) >= 11 is 0. The molecule has 1 heterocycles. The van der Waals surface area contributed by atoms with Crippen molar-refractivity contribution in [2.24, 2.45) is 16.5 Å². The molecule has 37 heavy (non-hydrogen) atoms. The number of aromatic nitrogens is 2. The summed E-state index contributed by atoms with van der Waals surface area (Å²) in [7, 11) is 0. The largest absolute Gasteiger partial charge is 0.481 e. The van der Waals surface area contributed by atoms with Gasteiger partial charge in [0.1, 0.15) is 5.69 Å². The van der Waals surface area contributed by atoms with Gasteiger partial charge in [0.05, 0.1) is 11.4 Å². The van der Waals surface area contributed by atoms with Gasteiger partial charge in [0.15, 0.2) is 11.7 Å². The lowest BCUT2D eigenvalue weighted by Gasteiger charge is -2.11. The number of benzene rings is 2. The lowest BCUT2D eigenvalue weighted by molar-refractivity contribution is -0.137. The number of nitrogens with two attached hydrogens (primary N) is 2. The van der Waals surface area contributed by atoms with E-state index in [1.54, 1.807) is 4.68 Å². The van der Waals surface area contributed by atoms with Crippen LogP contribution in [0.5, 0.6) is 0 Å². The van der Waals surface area contributed by atoms with Crippen LogP contribution in [0.2, 0.25) is 0 Å². The normalized spacial score (nSPS) is 10.5. The predicted molar refractivity (Wildman–Crippen MR) is 141 cm³/mol. The number of hydrogen-bond acceptors (Lipinski definition) is 5. The number of unbranched alkanes of at least 4 members (excludes halogenated alkanes) is 1. The highest BCUT2D eigenvalue weighted by atomic mass is 16.4. The molecule has 0 aliphatic carbocycles. The van der Waals surface area contributed by atoms with Crippen molar-refractivity contribution in [1.29, 1.82) is 0 Å². The summed E-state index contributed by atoms with van der Waals surface area (Å²) in [6, 6.07) is 18.6. The fraction of sp³-hybridized carbons (Fsp3) is 0.269. The first kappa shape index (κ1) is 26.9. The number of nitrogens with zero attached hydrogens (tertiary/aromatic N) is 3. The van der Waals surface area contributed by atoms with E-state index in [0.717, 1.165) is 5.56 Å². The number of anilines is 1. The van der Waals surface area contributed by atoms with Crippen LogP contribution in [0.1, 0.15) is 42.6 Å². The summed E-state index contributed by atoms with van der Waals surface area (Å²) in [5.74, 6) is -1.81. The second kappa shape index (κ2) is 13.4. The van der Waals surface area contributed by atoms with Gasteiger partial charge in [0, 0.05) is 31.5 Å². The molecular formula is C26H31N7O4. The van der Waals surface area contributed by atoms with Crippen LogP contribution in [0, 0.1) is 0 Å². The van der Waals surface area contributed by atoms with Gasteiger partial charge in [0.25, 0.3) is 5.91 Å². The number of nitrogens with one attached hydrogen (secondary N) is 2. The fourth-order valence-corrected chi connectivity index (χ4v) is 3.65. The molecule has 0 bridgehead atoms.